The average Bonchev–Trinajstić information content (AvgIpc) is 2.92. The highest BCUT2D eigenvalue weighted by atomic mass is 16.2. The van der Waals surface area contributed by atoms with Gasteiger partial charge >= 0.3 is 0 Å². The number of nitrogens with zero attached hydrogens (tertiary/aromatic N) is 3. The van der Waals surface area contributed by atoms with Gasteiger partial charge in [0.2, 0.25) is 11.8 Å². The monoisotopic (exact) mass is 342 g/mol. The van der Waals surface area contributed by atoms with Crippen molar-refractivity contribution in [2.75, 3.05) is 38.1 Å². The highest BCUT2D eigenvalue weighted by Gasteiger charge is 2.39. The molecule has 3 aliphatic heterocycles. The number of nitrogens with one attached hydrogen (secondary N) is 1. The molecular weight excluding hydrogens is 320 g/mol. The van der Waals surface area contributed by atoms with E-state index in [0.29, 0.717) is 18.5 Å². The van der Waals surface area contributed by atoms with Gasteiger partial charge in [-0.25, -0.2) is 0 Å². The largest absolute Gasteiger partial charge is 0.369 e. The number of hydrogen-bond donors (Lipinski definition) is 1. The summed E-state index contributed by atoms with van der Waals surface area (Å²) in [5, 5.41) is 2.34. The van der Waals surface area contributed by atoms with Crippen molar-refractivity contribution in [1.82, 2.24) is 15.1 Å². The number of hydrogen-bond acceptors (Lipinski definition) is 5. The molecule has 3 aliphatic rings. The SMILES string of the molecule is CN1CCN(c2ccc3c(c2)CN([C@@H]2CCC(=O)NC2=O)C3=O)CC1. The fraction of sp³-hybridized carbons (Fsp3) is 0.500. The second kappa shape index (κ2) is 6.15. The molecule has 0 bridgehead atoms. The summed E-state index contributed by atoms with van der Waals surface area (Å²) in [6.07, 6.45) is 0.679. The lowest BCUT2D eigenvalue weighted by Gasteiger charge is -2.34. The Balaban J connectivity index is 1.53. The Morgan fingerprint density at radius 3 is 2.56 bits per heavy atom. The van der Waals surface area contributed by atoms with Crippen LogP contribution < -0.4 is 10.2 Å². The first kappa shape index (κ1) is 16.1. The van der Waals surface area contributed by atoms with Crippen molar-refractivity contribution in [3.05, 3.63) is 29.3 Å². The molecule has 3 amide bonds. The van der Waals surface area contributed by atoms with E-state index in [-0.39, 0.29) is 24.1 Å². The van der Waals surface area contributed by atoms with Crippen molar-refractivity contribution >= 4 is 23.4 Å². The summed E-state index contributed by atoms with van der Waals surface area (Å²) < 4.78 is 0. The molecule has 1 aromatic rings. The predicted octanol–water partition coefficient (Wildman–Crippen LogP) is 0.199. The van der Waals surface area contributed by atoms with Crippen molar-refractivity contribution in [2.45, 2.75) is 25.4 Å². The van der Waals surface area contributed by atoms with Crippen molar-refractivity contribution in [1.29, 1.82) is 0 Å². The molecule has 0 unspecified atom stereocenters. The molecule has 2 saturated heterocycles. The molecule has 1 atom stereocenters. The van der Waals surface area contributed by atoms with Crippen molar-refractivity contribution in [3.8, 4) is 0 Å². The van der Waals surface area contributed by atoms with Crippen molar-refractivity contribution in [3.63, 3.8) is 0 Å². The van der Waals surface area contributed by atoms with E-state index in [1.54, 1.807) is 4.90 Å². The molecule has 7 nitrogen and oxygen atoms in total. The van der Waals surface area contributed by atoms with Crippen LogP contribution in [0, 0.1) is 0 Å². The van der Waals surface area contributed by atoms with Gasteiger partial charge in [-0.1, -0.05) is 0 Å². The van der Waals surface area contributed by atoms with Gasteiger partial charge in [0.1, 0.15) is 6.04 Å². The number of amides is 3. The van der Waals surface area contributed by atoms with Crippen LogP contribution in [0.25, 0.3) is 0 Å². The van der Waals surface area contributed by atoms with E-state index in [1.807, 2.05) is 12.1 Å². The molecule has 2 fully saturated rings. The van der Waals surface area contributed by atoms with Gasteiger partial charge in [-0.2, -0.15) is 0 Å². The number of carbonyl (C=O) groups excluding carboxylic acids is 3. The Bertz CT molecular complexity index is 740. The van der Waals surface area contributed by atoms with E-state index < -0.39 is 6.04 Å². The van der Waals surface area contributed by atoms with Crippen LogP contribution in [-0.4, -0.2) is 66.8 Å². The number of anilines is 1. The Kier molecular flexibility index (Phi) is 3.95. The molecule has 1 aromatic carbocycles. The predicted molar refractivity (Wildman–Crippen MR) is 92.2 cm³/mol. The summed E-state index contributed by atoms with van der Waals surface area (Å²) in [7, 11) is 2.12. The molecule has 0 radical (unpaired) electrons. The van der Waals surface area contributed by atoms with E-state index in [2.05, 4.69) is 28.2 Å². The summed E-state index contributed by atoms with van der Waals surface area (Å²) in [4.78, 5) is 42.4. The molecule has 7 heteroatoms. The summed E-state index contributed by atoms with van der Waals surface area (Å²) >= 11 is 0. The van der Waals surface area contributed by atoms with Gasteiger partial charge in [0.15, 0.2) is 0 Å². The number of fused-ring (bicyclic) bond motifs is 1. The van der Waals surface area contributed by atoms with Crippen LogP contribution in [-0.2, 0) is 16.1 Å². The minimum absolute atomic E-state index is 0.116. The second-order valence-electron chi connectivity index (χ2n) is 7.03. The van der Waals surface area contributed by atoms with Crippen molar-refractivity contribution < 1.29 is 14.4 Å². The lowest BCUT2D eigenvalue weighted by molar-refractivity contribution is -0.136. The third-order valence-electron chi connectivity index (χ3n) is 5.38. The first-order chi connectivity index (χ1) is 12.0. The van der Waals surface area contributed by atoms with E-state index in [0.717, 1.165) is 37.4 Å². The van der Waals surface area contributed by atoms with Gasteiger partial charge in [0.05, 0.1) is 0 Å². The van der Waals surface area contributed by atoms with Gasteiger partial charge in [0, 0.05) is 50.4 Å². The zero-order chi connectivity index (χ0) is 17.6. The fourth-order valence-electron chi connectivity index (χ4n) is 3.82. The first-order valence-corrected chi connectivity index (χ1v) is 8.74. The molecule has 3 heterocycles. The Hall–Kier alpha value is -2.41. The molecule has 0 spiro atoms. The lowest BCUT2D eigenvalue weighted by Crippen LogP contribution is -2.52. The van der Waals surface area contributed by atoms with E-state index in [1.165, 1.54) is 0 Å². The number of piperazine rings is 1. The van der Waals surface area contributed by atoms with Crippen LogP contribution in [0.2, 0.25) is 0 Å². The normalized spacial score (nSPS) is 24.5. The average molecular weight is 342 g/mol. The molecule has 132 valence electrons. The maximum atomic E-state index is 12.7. The topological polar surface area (TPSA) is 73.0 Å². The first-order valence-electron chi connectivity index (χ1n) is 8.74. The fourth-order valence-corrected chi connectivity index (χ4v) is 3.82. The molecular formula is C18H22N4O3. The van der Waals surface area contributed by atoms with Gasteiger partial charge in [-0.15, -0.1) is 0 Å². The van der Waals surface area contributed by atoms with E-state index >= 15 is 0 Å². The van der Waals surface area contributed by atoms with Crippen LogP contribution in [0.15, 0.2) is 18.2 Å². The quantitative estimate of drug-likeness (QED) is 0.778. The van der Waals surface area contributed by atoms with E-state index in [4.69, 9.17) is 0 Å². The smallest absolute Gasteiger partial charge is 0.255 e. The molecule has 0 aliphatic carbocycles. The lowest BCUT2D eigenvalue weighted by atomic mass is 10.0. The summed E-state index contributed by atoms with van der Waals surface area (Å²) in [6.45, 7) is 4.43. The van der Waals surface area contributed by atoms with Gasteiger partial charge in [-0.05, 0) is 37.2 Å². The van der Waals surface area contributed by atoms with Crippen LogP contribution in [0.1, 0.15) is 28.8 Å². The second-order valence-corrected chi connectivity index (χ2v) is 7.03. The Labute approximate surface area is 146 Å². The number of rotatable bonds is 2. The summed E-state index contributed by atoms with van der Waals surface area (Å²) in [6, 6.07) is 5.39. The maximum Gasteiger partial charge on any atom is 0.255 e. The van der Waals surface area contributed by atoms with Crippen LogP contribution in [0.3, 0.4) is 0 Å². The number of carbonyl (C=O) groups is 3. The Morgan fingerprint density at radius 1 is 1.08 bits per heavy atom. The highest BCUT2D eigenvalue weighted by molar-refractivity contribution is 6.05. The summed E-state index contributed by atoms with van der Waals surface area (Å²) in [5.41, 5.74) is 2.76. The Morgan fingerprint density at radius 2 is 1.84 bits per heavy atom. The van der Waals surface area contributed by atoms with Crippen molar-refractivity contribution in [2.24, 2.45) is 0 Å². The molecule has 0 aromatic heterocycles. The van der Waals surface area contributed by atoms with Crippen LogP contribution >= 0.6 is 0 Å². The minimum Gasteiger partial charge on any atom is -0.369 e. The van der Waals surface area contributed by atoms with E-state index in [9.17, 15) is 14.4 Å². The molecule has 4 rings (SSSR count). The molecule has 25 heavy (non-hydrogen) atoms. The third-order valence-corrected chi connectivity index (χ3v) is 5.38. The number of likely N-dealkylation sites (N-methyl/N-ethyl adjacent to an activating group) is 1. The zero-order valence-corrected chi connectivity index (χ0v) is 14.3. The number of benzene rings is 1. The zero-order valence-electron chi connectivity index (χ0n) is 14.3. The highest BCUT2D eigenvalue weighted by Crippen LogP contribution is 2.30. The number of piperidine rings is 1. The van der Waals surface area contributed by atoms with Gasteiger partial charge < -0.3 is 14.7 Å². The van der Waals surface area contributed by atoms with Crippen LogP contribution in [0.4, 0.5) is 5.69 Å². The molecule has 0 saturated carbocycles. The number of imide groups is 1. The minimum atomic E-state index is -0.551. The van der Waals surface area contributed by atoms with Crippen LogP contribution in [0.5, 0.6) is 0 Å². The molecule has 1 N–H and O–H groups in total. The summed E-state index contributed by atoms with van der Waals surface area (Å²) in [5.74, 6) is -0.742. The van der Waals surface area contributed by atoms with Gasteiger partial charge in [0.25, 0.3) is 5.91 Å². The maximum absolute atomic E-state index is 12.7. The standard InChI is InChI=1S/C18H22N4O3/c1-20-6-8-21(9-7-20)13-2-3-14-12(10-13)11-22(18(14)25)15-4-5-16(23)19-17(15)24/h2-3,10,15H,4-9,11H2,1H3,(H,19,23,24)/t15-/m1/s1. The third kappa shape index (κ3) is 2.89. The van der Waals surface area contributed by atoms with Gasteiger partial charge in [-0.3, -0.25) is 19.7 Å².